The zero-order chi connectivity index (χ0) is 31.2. The fourth-order valence-electron chi connectivity index (χ4n) is 6.46. The number of thiophene rings is 1. The van der Waals surface area contributed by atoms with Crippen molar-refractivity contribution in [2.45, 2.75) is 0 Å². The minimum Gasteiger partial charge on any atom is -0.436 e. The molecule has 0 bridgehead atoms. The van der Waals surface area contributed by atoms with Crippen LogP contribution in [0.25, 0.3) is 65.0 Å². The Morgan fingerprint density at radius 1 is 0.489 bits per heavy atom. The van der Waals surface area contributed by atoms with Crippen LogP contribution in [-0.4, -0.2) is 4.98 Å². The second-order valence-electron chi connectivity index (χ2n) is 11.6. The number of benzene rings is 7. The number of hydrogen-bond acceptors (Lipinski definition) is 4. The van der Waals surface area contributed by atoms with Crippen molar-refractivity contribution in [3.63, 3.8) is 0 Å². The lowest BCUT2D eigenvalue weighted by atomic mass is 10.0. The summed E-state index contributed by atoms with van der Waals surface area (Å²) in [6.45, 7) is 0. The van der Waals surface area contributed by atoms with Crippen molar-refractivity contribution in [1.29, 1.82) is 0 Å². The van der Waals surface area contributed by atoms with Gasteiger partial charge in [0, 0.05) is 38.4 Å². The Morgan fingerprint density at radius 2 is 1.11 bits per heavy atom. The van der Waals surface area contributed by atoms with Crippen LogP contribution in [0.3, 0.4) is 0 Å². The zero-order valence-corrected chi connectivity index (χ0v) is 26.2. The van der Waals surface area contributed by atoms with E-state index in [-0.39, 0.29) is 0 Å². The fraction of sp³-hybridized carbons (Fsp3) is 0. The molecule has 0 aliphatic heterocycles. The van der Waals surface area contributed by atoms with Crippen LogP contribution in [0.1, 0.15) is 0 Å². The fourth-order valence-corrected chi connectivity index (χ4v) is 7.67. The van der Waals surface area contributed by atoms with Crippen molar-refractivity contribution in [3.8, 4) is 33.7 Å². The molecule has 0 radical (unpaired) electrons. The first-order valence-corrected chi connectivity index (χ1v) is 16.5. The Balaban J connectivity index is 1.24. The third-order valence-corrected chi connectivity index (χ3v) is 9.90. The molecule has 0 saturated carbocycles. The van der Waals surface area contributed by atoms with E-state index in [9.17, 15) is 0 Å². The first-order chi connectivity index (χ1) is 23.3. The topological polar surface area (TPSA) is 29.3 Å². The second kappa shape index (κ2) is 11.4. The molecule has 7 aromatic carbocycles. The van der Waals surface area contributed by atoms with E-state index in [1.807, 2.05) is 30.3 Å². The summed E-state index contributed by atoms with van der Waals surface area (Å²) in [5.74, 6) is 0.644. The summed E-state index contributed by atoms with van der Waals surface area (Å²) in [7, 11) is 0. The average Bonchev–Trinajstić information content (AvgIpc) is 3.73. The van der Waals surface area contributed by atoms with Gasteiger partial charge in [-0.05, 0) is 59.2 Å². The molecule has 0 unspecified atom stereocenters. The summed E-state index contributed by atoms with van der Waals surface area (Å²) in [5, 5.41) is 2.39. The van der Waals surface area contributed by atoms with Gasteiger partial charge < -0.3 is 9.32 Å². The van der Waals surface area contributed by atoms with Gasteiger partial charge in [-0.25, -0.2) is 4.98 Å². The molecule has 9 rings (SSSR count). The maximum Gasteiger partial charge on any atom is 0.227 e. The molecule has 0 spiro atoms. The number of oxazole rings is 1. The summed E-state index contributed by atoms with van der Waals surface area (Å²) in [4.78, 5) is 7.29. The Labute approximate surface area is 276 Å². The lowest BCUT2D eigenvalue weighted by molar-refractivity contribution is 0.620. The van der Waals surface area contributed by atoms with Gasteiger partial charge in [0.1, 0.15) is 5.52 Å². The van der Waals surface area contributed by atoms with Crippen LogP contribution in [0.15, 0.2) is 174 Å². The number of para-hydroxylation sites is 1. The van der Waals surface area contributed by atoms with Gasteiger partial charge in [0.25, 0.3) is 0 Å². The van der Waals surface area contributed by atoms with Crippen LogP contribution >= 0.6 is 11.3 Å². The molecular weight excluding hydrogens is 593 g/mol. The van der Waals surface area contributed by atoms with Crippen molar-refractivity contribution in [3.05, 3.63) is 170 Å². The first-order valence-electron chi connectivity index (χ1n) is 15.7. The molecule has 3 nitrogen and oxygen atoms in total. The molecule has 2 heterocycles. The van der Waals surface area contributed by atoms with Crippen molar-refractivity contribution in [2.24, 2.45) is 0 Å². The monoisotopic (exact) mass is 620 g/mol. The van der Waals surface area contributed by atoms with Gasteiger partial charge in [-0.1, -0.05) is 121 Å². The number of rotatable bonds is 6. The number of fused-ring (bicyclic) bond motifs is 4. The van der Waals surface area contributed by atoms with Crippen molar-refractivity contribution in [2.75, 3.05) is 4.90 Å². The predicted molar refractivity (Wildman–Crippen MR) is 198 cm³/mol. The molecule has 4 heteroatoms. The maximum absolute atomic E-state index is 6.27. The van der Waals surface area contributed by atoms with Crippen LogP contribution in [0.2, 0.25) is 0 Å². The molecule has 222 valence electrons. The number of anilines is 3. The van der Waals surface area contributed by atoms with Gasteiger partial charge in [0.15, 0.2) is 5.58 Å². The molecule has 0 saturated heterocycles. The Bertz CT molecular complexity index is 2500. The normalized spacial score (nSPS) is 11.4. The molecule has 2 aromatic heterocycles. The van der Waals surface area contributed by atoms with E-state index in [4.69, 9.17) is 9.40 Å². The smallest absolute Gasteiger partial charge is 0.227 e. The Hall–Kier alpha value is -5.97. The van der Waals surface area contributed by atoms with Gasteiger partial charge in [0.2, 0.25) is 5.89 Å². The molecule has 47 heavy (non-hydrogen) atoms. The van der Waals surface area contributed by atoms with Crippen LogP contribution < -0.4 is 4.90 Å². The van der Waals surface area contributed by atoms with Crippen molar-refractivity contribution >= 4 is 59.7 Å². The number of aromatic nitrogens is 1. The minimum atomic E-state index is 0.644. The summed E-state index contributed by atoms with van der Waals surface area (Å²) < 4.78 is 8.66. The molecule has 9 aromatic rings. The van der Waals surface area contributed by atoms with Gasteiger partial charge in [-0.2, -0.15) is 0 Å². The van der Waals surface area contributed by atoms with Crippen LogP contribution in [0.4, 0.5) is 17.1 Å². The summed E-state index contributed by atoms with van der Waals surface area (Å²) in [6.07, 6.45) is 0. The van der Waals surface area contributed by atoms with Gasteiger partial charge in [-0.3, -0.25) is 0 Å². The first kappa shape index (κ1) is 27.3. The second-order valence-corrected chi connectivity index (χ2v) is 12.6. The van der Waals surface area contributed by atoms with E-state index in [0.717, 1.165) is 33.7 Å². The van der Waals surface area contributed by atoms with E-state index in [0.29, 0.717) is 5.89 Å². The van der Waals surface area contributed by atoms with Crippen molar-refractivity contribution in [1.82, 2.24) is 4.98 Å². The van der Waals surface area contributed by atoms with E-state index in [1.165, 1.54) is 42.4 Å². The van der Waals surface area contributed by atoms with Gasteiger partial charge >= 0.3 is 0 Å². The maximum atomic E-state index is 6.27. The molecular formula is C43H28N2OS. The number of hydrogen-bond donors (Lipinski definition) is 0. The highest BCUT2D eigenvalue weighted by molar-refractivity contribution is 7.26. The molecule has 0 fully saturated rings. The van der Waals surface area contributed by atoms with E-state index in [2.05, 4.69) is 144 Å². The third-order valence-electron chi connectivity index (χ3n) is 8.71. The third kappa shape index (κ3) is 4.87. The highest BCUT2D eigenvalue weighted by Crippen LogP contribution is 2.48. The largest absolute Gasteiger partial charge is 0.436 e. The van der Waals surface area contributed by atoms with E-state index < -0.39 is 0 Å². The van der Waals surface area contributed by atoms with Gasteiger partial charge in [0.05, 0.1) is 16.1 Å². The summed E-state index contributed by atoms with van der Waals surface area (Å²) in [6, 6.07) is 59.8. The van der Waals surface area contributed by atoms with Crippen molar-refractivity contribution < 1.29 is 4.42 Å². The average molecular weight is 621 g/mol. The number of nitrogens with zero attached hydrogens (tertiary/aromatic N) is 2. The minimum absolute atomic E-state index is 0.644. The summed E-state index contributed by atoms with van der Waals surface area (Å²) in [5.41, 5.74) is 10.7. The lowest BCUT2D eigenvalue weighted by Crippen LogP contribution is -2.11. The van der Waals surface area contributed by atoms with E-state index in [1.54, 1.807) is 11.3 Å². The standard InChI is InChI=1S/C43H28N2OS/c1-4-13-29(14-5-1)30-23-25-33(26-24-30)45(38-21-11-10-19-34(38)31-15-6-2-7-16-31)39-22-12-20-35-36-27-37-40(28-41(36)47-42(35)39)46-43(44-37)32-17-8-3-9-18-32/h1-28H. The summed E-state index contributed by atoms with van der Waals surface area (Å²) >= 11 is 1.80. The van der Waals surface area contributed by atoms with Crippen LogP contribution in [0, 0.1) is 0 Å². The molecule has 0 aliphatic carbocycles. The highest BCUT2D eigenvalue weighted by Gasteiger charge is 2.21. The lowest BCUT2D eigenvalue weighted by Gasteiger charge is -2.28. The predicted octanol–water partition coefficient (Wildman–Crippen LogP) is 12.7. The Morgan fingerprint density at radius 3 is 1.85 bits per heavy atom. The van der Waals surface area contributed by atoms with E-state index >= 15 is 0 Å². The zero-order valence-electron chi connectivity index (χ0n) is 25.4. The molecule has 0 amide bonds. The highest BCUT2D eigenvalue weighted by atomic mass is 32.1. The van der Waals surface area contributed by atoms with Crippen LogP contribution in [-0.2, 0) is 0 Å². The molecule has 0 aliphatic rings. The molecule has 0 atom stereocenters. The van der Waals surface area contributed by atoms with Gasteiger partial charge in [-0.15, -0.1) is 11.3 Å². The SMILES string of the molecule is c1ccc(-c2ccc(N(c3ccccc3-c3ccccc3)c3cccc4c3sc3cc5oc(-c6ccccc6)nc5cc34)cc2)cc1. The Kier molecular flexibility index (Phi) is 6.65. The van der Waals surface area contributed by atoms with Crippen LogP contribution in [0.5, 0.6) is 0 Å². The molecule has 0 N–H and O–H groups in total. The quantitative estimate of drug-likeness (QED) is 0.185.